The number of carbonyl (C=O) groups excluding carboxylic acids is 1. The van der Waals surface area contributed by atoms with Gasteiger partial charge in [0.05, 0.1) is 25.5 Å². The Bertz CT molecular complexity index is 972. The smallest absolute Gasteiger partial charge is 0.240 e. The Hall–Kier alpha value is -2.58. The van der Waals surface area contributed by atoms with Gasteiger partial charge in [-0.1, -0.05) is 6.07 Å². The quantitative estimate of drug-likeness (QED) is 0.779. The van der Waals surface area contributed by atoms with Gasteiger partial charge in [0.2, 0.25) is 15.9 Å². The number of amides is 1. The summed E-state index contributed by atoms with van der Waals surface area (Å²) in [6, 6.07) is 10.2. The number of methoxy groups -OCH3 is 2. The van der Waals surface area contributed by atoms with Gasteiger partial charge in [-0.05, 0) is 41.8 Å². The van der Waals surface area contributed by atoms with Gasteiger partial charge in [-0.2, -0.15) is 0 Å². The van der Waals surface area contributed by atoms with E-state index in [-0.39, 0.29) is 23.8 Å². The highest BCUT2D eigenvalue weighted by Crippen LogP contribution is 2.30. The van der Waals surface area contributed by atoms with Crippen molar-refractivity contribution in [2.75, 3.05) is 32.7 Å². The third kappa shape index (κ3) is 3.91. The van der Waals surface area contributed by atoms with Crippen molar-refractivity contribution in [2.24, 2.45) is 0 Å². The lowest BCUT2D eigenvalue weighted by Gasteiger charge is -2.12. The summed E-state index contributed by atoms with van der Waals surface area (Å²) in [6.45, 7) is 0.223. The first-order valence-corrected chi connectivity index (χ1v) is 9.94. The molecule has 2 aromatic carbocycles. The number of ether oxygens (including phenoxy) is 2. The zero-order valence-corrected chi connectivity index (χ0v) is 16.3. The number of sulfonamides is 1. The molecule has 0 spiro atoms. The Balaban J connectivity index is 1.70. The van der Waals surface area contributed by atoms with Crippen molar-refractivity contribution in [1.29, 1.82) is 0 Å². The fourth-order valence-corrected chi connectivity index (χ4v) is 4.16. The summed E-state index contributed by atoms with van der Waals surface area (Å²) in [6.07, 6.45) is 0.691. The van der Waals surface area contributed by atoms with E-state index in [2.05, 4.69) is 4.72 Å². The predicted octanol–water partition coefficient (Wildman–Crippen LogP) is 1.74. The van der Waals surface area contributed by atoms with E-state index < -0.39 is 10.0 Å². The van der Waals surface area contributed by atoms with Crippen LogP contribution >= 0.6 is 0 Å². The van der Waals surface area contributed by atoms with E-state index in [1.807, 2.05) is 6.07 Å². The summed E-state index contributed by atoms with van der Waals surface area (Å²) in [4.78, 5) is 13.5. The Kier molecular flexibility index (Phi) is 5.38. The molecule has 1 N–H and O–H groups in total. The average molecular weight is 390 g/mol. The molecule has 0 fully saturated rings. The Morgan fingerprint density at radius 1 is 1.11 bits per heavy atom. The van der Waals surface area contributed by atoms with Crippen LogP contribution in [0, 0.1) is 0 Å². The van der Waals surface area contributed by atoms with Crippen LogP contribution in [0.15, 0.2) is 41.3 Å². The molecule has 2 aromatic rings. The van der Waals surface area contributed by atoms with Crippen LogP contribution in [0.3, 0.4) is 0 Å². The van der Waals surface area contributed by atoms with E-state index in [9.17, 15) is 13.2 Å². The van der Waals surface area contributed by atoms with E-state index in [0.717, 1.165) is 16.8 Å². The number of hydrogen-bond donors (Lipinski definition) is 1. The molecule has 1 amide bonds. The third-order valence-corrected chi connectivity index (χ3v) is 6.08. The number of anilines is 1. The normalized spacial score (nSPS) is 13.6. The molecule has 27 heavy (non-hydrogen) atoms. The van der Waals surface area contributed by atoms with Gasteiger partial charge in [-0.15, -0.1) is 0 Å². The number of rotatable bonds is 7. The van der Waals surface area contributed by atoms with Gasteiger partial charge in [0.1, 0.15) is 11.5 Å². The lowest BCUT2D eigenvalue weighted by molar-refractivity contribution is -0.117. The van der Waals surface area contributed by atoms with Crippen molar-refractivity contribution in [3.05, 3.63) is 47.5 Å². The van der Waals surface area contributed by atoms with Crippen molar-refractivity contribution in [3.8, 4) is 11.5 Å². The van der Waals surface area contributed by atoms with Gasteiger partial charge < -0.3 is 14.4 Å². The summed E-state index contributed by atoms with van der Waals surface area (Å²) in [5, 5.41) is 0. The molecule has 8 heteroatoms. The molecule has 7 nitrogen and oxygen atoms in total. The zero-order chi connectivity index (χ0) is 19.6. The largest absolute Gasteiger partial charge is 0.497 e. The molecule has 144 valence electrons. The van der Waals surface area contributed by atoms with Gasteiger partial charge in [0.25, 0.3) is 0 Å². The second-order valence-corrected chi connectivity index (χ2v) is 8.01. The number of benzene rings is 2. The second kappa shape index (κ2) is 7.58. The maximum absolute atomic E-state index is 12.6. The maximum Gasteiger partial charge on any atom is 0.240 e. The molecule has 1 aliphatic heterocycles. The maximum atomic E-state index is 12.6. The van der Waals surface area contributed by atoms with Crippen LogP contribution in [0.4, 0.5) is 5.69 Å². The zero-order valence-electron chi connectivity index (χ0n) is 15.5. The average Bonchev–Trinajstić information content (AvgIpc) is 2.95. The summed E-state index contributed by atoms with van der Waals surface area (Å²) in [7, 11) is 1.15. The van der Waals surface area contributed by atoms with E-state index in [1.54, 1.807) is 45.5 Å². The van der Waals surface area contributed by atoms with Crippen molar-refractivity contribution in [2.45, 2.75) is 17.7 Å². The molecule has 0 radical (unpaired) electrons. The van der Waals surface area contributed by atoms with Crippen LogP contribution < -0.4 is 19.1 Å². The lowest BCUT2D eigenvalue weighted by atomic mass is 10.1. The number of carbonyl (C=O) groups is 1. The number of hydrogen-bond acceptors (Lipinski definition) is 5. The molecule has 1 aliphatic rings. The molecule has 0 aliphatic carbocycles. The highest BCUT2D eigenvalue weighted by Gasteiger charge is 2.26. The first kappa shape index (κ1) is 19.2. The van der Waals surface area contributed by atoms with Crippen molar-refractivity contribution >= 4 is 21.6 Å². The molecule has 0 bridgehead atoms. The Labute approximate surface area is 158 Å². The van der Waals surface area contributed by atoms with Crippen LogP contribution in [0.1, 0.15) is 11.1 Å². The topological polar surface area (TPSA) is 84.9 Å². The second-order valence-electron chi connectivity index (χ2n) is 6.25. The van der Waals surface area contributed by atoms with Gasteiger partial charge in [-0.3, -0.25) is 4.79 Å². The number of fused-ring (bicyclic) bond motifs is 1. The fraction of sp³-hybridized carbons (Fsp3) is 0.316. The summed E-state index contributed by atoms with van der Waals surface area (Å²) >= 11 is 0. The van der Waals surface area contributed by atoms with Crippen LogP contribution in [-0.2, 0) is 27.7 Å². The molecule has 0 saturated carbocycles. The number of nitrogens with zero attached hydrogens (tertiary/aromatic N) is 1. The van der Waals surface area contributed by atoms with E-state index in [4.69, 9.17) is 9.47 Å². The summed E-state index contributed by atoms with van der Waals surface area (Å²) < 4.78 is 38.3. The first-order chi connectivity index (χ1) is 12.9. The summed E-state index contributed by atoms with van der Waals surface area (Å²) in [5.41, 5.74) is 2.35. The van der Waals surface area contributed by atoms with Crippen LogP contribution in [0.25, 0.3) is 0 Å². The lowest BCUT2D eigenvalue weighted by Crippen LogP contribution is -2.26. The van der Waals surface area contributed by atoms with Crippen molar-refractivity contribution in [1.82, 2.24) is 4.72 Å². The highest BCUT2D eigenvalue weighted by molar-refractivity contribution is 7.89. The molecule has 0 atom stereocenters. The predicted molar refractivity (Wildman–Crippen MR) is 102 cm³/mol. The fourth-order valence-electron chi connectivity index (χ4n) is 3.08. The highest BCUT2D eigenvalue weighted by atomic mass is 32.2. The Morgan fingerprint density at radius 2 is 1.89 bits per heavy atom. The molecular weight excluding hydrogens is 368 g/mol. The Morgan fingerprint density at radius 3 is 2.59 bits per heavy atom. The molecule has 0 aromatic heterocycles. The standard InChI is InChI=1S/C19H22N2O5S/c1-21-17-7-6-16(10-14(17)11-19(21)22)27(23,24)20-9-8-13-4-5-15(25-2)12-18(13)26-3/h4-7,10,12,20H,8-9,11H2,1-3H3. The van der Waals surface area contributed by atoms with Gasteiger partial charge in [0.15, 0.2) is 0 Å². The minimum Gasteiger partial charge on any atom is -0.497 e. The third-order valence-electron chi connectivity index (χ3n) is 4.62. The number of likely N-dealkylation sites (N-methyl/N-ethyl adjacent to an activating group) is 1. The van der Waals surface area contributed by atoms with Gasteiger partial charge >= 0.3 is 0 Å². The number of nitrogens with one attached hydrogen (secondary N) is 1. The first-order valence-electron chi connectivity index (χ1n) is 8.46. The molecule has 0 unspecified atom stereocenters. The monoisotopic (exact) mass is 390 g/mol. The van der Waals surface area contributed by atoms with Crippen molar-refractivity contribution in [3.63, 3.8) is 0 Å². The van der Waals surface area contributed by atoms with Crippen LogP contribution in [-0.4, -0.2) is 42.1 Å². The van der Waals surface area contributed by atoms with Crippen LogP contribution in [0.2, 0.25) is 0 Å². The van der Waals surface area contributed by atoms with E-state index in [1.165, 1.54) is 11.0 Å². The molecule has 1 heterocycles. The van der Waals surface area contributed by atoms with Crippen LogP contribution in [0.5, 0.6) is 11.5 Å². The molecular formula is C19H22N2O5S. The molecule has 0 saturated heterocycles. The van der Waals surface area contributed by atoms with E-state index in [0.29, 0.717) is 17.9 Å². The summed E-state index contributed by atoms with van der Waals surface area (Å²) in [5.74, 6) is 1.28. The van der Waals surface area contributed by atoms with E-state index >= 15 is 0 Å². The van der Waals surface area contributed by atoms with Gasteiger partial charge in [-0.25, -0.2) is 13.1 Å². The molecule has 3 rings (SSSR count). The van der Waals surface area contributed by atoms with Crippen molar-refractivity contribution < 1.29 is 22.7 Å². The minimum atomic E-state index is -3.66. The SMILES string of the molecule is COc1ccc(CCNS(=O)(=O)c2ccc3c(c2)CC(=O)N3C)c(OC)c1. The minimum absolute atomic E-state index is 0.0425. The van der Waals surface area contributed by atoms with Gasteiger partial charge in [0, 0.05) is 25.3 Å².